The summed E-state index contributed by atoms with van der Waals surface area (Å²) in [5, 5.41) is 3.45. The Balaban J connectivity index is 1.82. The maximum Gasteiger partial charge on any atom is 0.0578 e. The quantitative estimate of drug-likeness (QED) is 0.885. The fourth-order valence-corrected chi connectivity index (χ4v) is 3.51. The fourth-order valence-electron chi connectivity index (χ4n) is 3.51. The number of nitrogens with one attached hydrogen (secondary N) is 1. The second-order valence-electron chi connectivity index (χ2n) is 5.53. The molecule has 1 saturated carbocycles. The van der Waals surface area contributed by atoms with Gasteiger partial charge in [0.15, 0.2) is 0 Å². The average molecular weight is 245 g/mol. The molecule has 2 aliphatic rings. The van der Waals surface area contributed by atoms with E-state index in [1.165, 1.54) is 31.4 Å². The van der Waals surface area contributed by atoms with Crippen LogP contribution in [0, 0.1) is 5.92 Å². The van der Waals surface area contributed by atoms with Crippen molar-refractivity contribution in [3.63, 3.8) is 0 Å². The molecule has 1 saturated heterocycles. The lowest BCUT2D eigenvalue weighted by Gasteiger charge is -2.38. The smallest absolute Gasteiger partial charge is 0.0578 e. The molecule has 1 N–H and O–H groups in total. The van der Waals surface area contributed by atoms with Crippen LogP contribution in [0.15, 0.2) is 24.4 Å². The molecular formula is C15H23N3. The van der Waals surface area contributed by atoms with Crippen molar-refractivity contribution in [3.8, 4) is 0 Å². The van der Waals surface area contributed by atoms with Gasteiger partial charge >= 0.3 is 0 Å². The minimum Gasteiger partial charge on any atom is -0.314 e. The summed E-state index contributed by atoms with van der Waals surface area (Å²) in [7, 11) is 0. The first kappa shape index (κ1) is 12.1. The molecule has 18 heavy (non-hydrogen) atoms. The van der Waals surface area contributed by atoms with Crippen molar-refractivity contribution in [2.45, 2.75) is 31.7 Å². The van der Waals surface area contributed by atoms with E-state index in [2.05, 4.69) is 27.3 Å². The van der Waals surface area contributed by atoms with Crippen LogP contribution in [0.5, 0.6) is 0 Å². The number of piperazine rings is 1. The third-order valence-electron chi connectivity index (χ3n) is 4.38. The summed E-state index contributed by atoms with van der Waals surface area (Å²) < 4.78 is 0. The van der Waals surface area contributed by atoms with E-state index in [4.69, 9.17) is 0 Å². The van der Waals surface area contributed by atoms with E-state index in [1.807, 2.05) is 12.3 Å². The molecule has 1 aromatic rings. The molecule has 0 bridgehead atoms. The molecule has 98 valence electrons. The molecule has 1 aliphatic heterocycles. The Bertz CT molecular complexity index is 353. The molecule has 3 rings (SSSR count). The highest BCUT2D eigenvalue weighted by molar-refractivity contribution is 5.11. The van der Waals surface area contributed by atoms with E-state index in [9.17, 15) is 0 Å². The van der Waals surface area contributed by atoms with Gasteiger partial charge in [-0.05, 0) is 30.9 Å². The predicted octanol–water partition coefficient (Wildman–Crippen LogP) is 2.22. The third kappa shape index (κ3) is 2.57. The van der Waals surface area contributed by atoms with Crippen molar-refractivity contribution in [2.24, 2.45) is 5.92 Å². The molecular weight excluding hydrogens is 222 g/mol. The molecule has 0 unspecified atom stereocenters. The van der Waals surface area contributed by atoms with Crippen molar-refractivity contribution in [2.75, 3.05) is 26.2 Å². The van der Waals surface area contributed by atoms with Gasteiger partial charge in [-0.15, -0.1) is 0 Å². The lowest BCUT2D eigenvalue weighted by molar-refractivity contribution is 0.122. The van der Waals surface area contributed by atoms with Gasteiger partial charge in [0, 0.05) is 32.4 Å². The Labute approximate surface area is 110 Å². The fraction of sp³-hybridized carbons (Fsp3) is 0.667. The largest absolute Gasteiger partial charge is 0.314 e. The van der Waals surface area contributed by atoms with Gasteiger partial charge in [0.2, 0.25) is 0 Å². The minimum absolute atomic E-state index is 0.552. The first-order valence-corrected chi connectivity index (χ1v) is 7.31. The van der Waals surface area contributed by atoms with Crippen molar-refractivity contribution in [1.82, 2.24) is 15.2 Å². The third-order valence-corrected chi connectivity index (χ3v) is 4.38. The highest BCUT2D eigenvalue weighted by atomic mass is 15.2. The number of aromatic nitrogens is 1. The second kappa shape index (κ2) is 5.81. The molecule has 1 atom stereocenters. The van der Waals surface area contributed by atoms with Gasteiger partial charge < -0.3 is 5.32 Å². The predicted molar refractivity (Wildman–Crippen MR) is 73.4 cm³/mol. The molecule has 0 spiro atoms. The average Bonchev–Trinajstić information content (AvgIpc) is 2.95. The molecule has 1 aliphatic carbocycles. The van der Waals surface area contributed by atoms with Crippen LogP contribution >= 0.6 is 0 Å². The van der Waals surface area contributed by atoms with Crippen LogP contribution < -0.4 is 5.32 Å². The Morgan fingerprint density at radius 1 is 1.17 bits per heavy atom. The van der Waals surface area contributed by atoms with E-state index in [0.29, 0.717) is 6.04 Å². The highest BCUT2D eigenvalue weighted by Gasteiger charge is 2.32. The van der Waals surface area contributed by atoms with E-state index in [-0.39, 0.29) is 0 Å². The van der Waals surface area contributed by atoms with Crippen LogP contribution in [0.3, 0.4) is 0 Å². The maximum atomic E-state index is 4.64. The van der Waals surface area contributed by atoms with E-state index < -0.39 is 0 Å². The number of nitrogens with zero attached hydrogens (tertiary/aromatic N) is 2. The molecule has 2 heterocycles. The van der Waals surface area contributed by atoms with Crippen molar-refractivity contribution in [3.05, 3.63) is 30.1 Å². The van der Waals surface area contributed by atoms with Gasteiger partial charge in [0.1, 0.15) is 0 Å². The van der Waals surface area contributed by atoms with Crippen LogP contribution in [-0.2, 0) is 0 Å². The van der Waals surface area contributed by atoms with E-state index in [1.54, 1.807) is 0 Å². The van der Waals surface area contributed by atoms with Crippen molar-refractivity contribution >= 4 is 0 Å². The summed E-state index contributed by atoms with van der Waals surface area (Å²) in [5.41, 5.74) is 1.28. The number of rotatable bonds is 3. The molecule has 0 aromatic carbocycles. The molecule has 0 amide bonds. The van der Waals surface area contributed by atoms with Gasteiger partial charge in [-0.25, -0.2) is 0 Å². The van der Waals surface area contributed by atoms with Gasteiger partial charge in [0.25, 0.3) is 0 Å². The standard InChI is InChI=1S/C15H23N3/c1-2-6-13(5-1)15(14-7-3-4-8-17-14)18-11-9-16-10-12-18/h3-4,7-8,13,15-16H,1-2,5-6,9-12H2/t15-/m1/s1. The lowest BCUT2D eigenvalue weighted by atomic mass is 9.93. The minimum atomic E-state index is 0.552. The summed E-state index contributed by atoms with van der Waals surface area (Å²) in [4.78, 5) is 7.28. The van der Waals surface area contributed by atoms with Crippen LogP contribution in [-0.4, -0.2) is 36.1 Å². The maximum absolute atomic E-state index is 4.64. The Morgan fingerprint density at radius 3 is 2.61 bits per heavy atom. The number of hydrogen-bond acceptors (Lipinski definition) is 3. The summed E-state index contributed by atoms with van der Waals surface area (Å²) in [6, 6.07) is 6.92. The normalized spacial score (nSPS) is 24.2. The summed E-state index contributed by atoms with van der Waals surface area (Å²) >= 11 is 0. The first-order valence-electron chi connectivity index (χ1n) is 7.31. The summed E-state index contributed by atoms with van der Waals surface area (Å²) in [6.07, 6.45) is 7.51. The SMILES string of the molecule is c1ccc([C@@H](C2CCCC2)N2CCNCC2)nc1. The van der Waals surface area contributed by atoms with Crippen LogP contribution in [0.25, 0.3) is 0 Å². The first-order chi connectivity index (χ1) is 8.95. The van der Waals surface area contributed by atoms with Crippen molar-refractivity contribution < 1.29 is 0 Å². The molecule has 3 nitrogen and oxygen atoms in total. The topological polar surface area (TPSA) is 28.2 Å². The lowest BCUT2D eigenvalue weighted by Crippen LogP contribution is -2.46. The number of hydrogen-bond donors (Lipinski definition) is 1. The Hall–Kier alpha value is -0.930. The van der Waals surface area contributed by atoms with Crippen LogP contribution in [0.1, 0.15) is 37.4 Å². The monoisotopic (exact) mass is 245 g/mol. The van der Waals surface area contributed by atoms with Crippen LogP contribution in [0.2, 0.25) is 0 Å². The zero-order valence-corrected chi connectivity index (χ0v) is 11.0. The number of pyridine rings is 1. The molecule has 2 fully saturated rings. The highest BCUT2D eigenvalue weighted by Crippen LogP contribution is 2.38. The Kier molecular flexibility index (Phi) is 3.91. The zero-order chi connectivity index (χ0) is 12.2. The van der Waals surface area contributed by atoms with E-state index >= 15 is 0 Å². The second-order valence-corrected chi connectivity index (χ2v) is 5.53. The van der Waals surface area contributed by atoms with Gasteiger partial charge in [-0.3, -0.25) is 9.88 Å². The van der Waals surface area contributed by atoms with E-state index in [0.717, 1.165) is 32.1 Å². The molecule has 1 aromatic heterocycles. The molecule has 0 radical (unpaired) electrons. The van der Waals surface area contributed by atoms with Gasteiger partial charge in [-0.2, -0.15) is 0 Å². The van der Waals surface area contributed by atoms with Gasteiger partial charge in [-0.1, -0.05) is 18.9 Å². The zero-order valence-electron chi connectivity index (χ0n) is 11.0. The van der Waals surface area contributed by atoms with Gasteiger partial charge in [0.05, 0.1) is 11.7 Å². The summed E-state index contributed by atoms with van der Waals surface area (Å²) in [5.74, 6) is 0.818. The Morgan fingerprint density at radius 2 is 1.94 bits per heavy atom. The molecule has 3 heteroatoms. The van der Waals surface area contributed by atoms with Crippen LogP contribution in [0.4, 0.5) is 0 Å². The van der Waals surface area contributed by atoms with Crippen molar-refractivity contribution in [1.29, 1.82) is 0 Å². The summed E-state index contributed by atoms with van der Waals surface area (Å²) in [6.45, 7) is 4.57.